The van der Waals surface area contributed by atoms with Crippen LogP contribution in [0.3, 0.4) is 0 Å². The number of rotatable bonds is 6. The van der Waals surface area contributed by atoms with Gasteiger partial charge in [0, 0.05) is 23.8 Å². The lowest BCUT2D eigenvalue weighted by atomic mass is 9.95. The molecule has 0 fully saturated rings. The highest BCUT2D eigenvalue weighted by Gasteiger charge is 2.23. The molecule has 1 heterocycles. The minimum absolute atomic E-state index is 0.0280. The van der Waals surface area contributed by atoms with Gasteiger partial charge in [0.2, 0.25) is 0 Å². The van der Waals surface area contributed by atoms with Crippen molar-refractivity contribution < 1.29 is 4.79 Å². The number of carbonyl (C=O) groups is 1. The molecule has 0 atom stereocenters. The summed E-state index contributed by atoms with van der Waals surface area (Å²) in [7, 11) is 1.81. The first-order valence-electron chi connectivity index (χ1n) is 6.99. The number of pyridine rings is 1. The Morgan fingerprint density at radius 3 is 2.37 bits per heavy atom. The molecule has 2 N–H and O–H groups in total. The van der Waals surface area contributed by atoms with Gasteiger partial charge in [-0.1, -0.05) is 20.8 Å². The van der Waals surface area contributed by atoms with Crippen LogP contribution in [0.25, 0.3) is 0 Å². The second kappa shape index (κ2) is 6.55. The summed E-state index contributed by atoms with van der Waals surface area (Å²) < 4.78 is 0. The van der Waals surface area contributed by atoms with E-state index in [9.17, 15) is 4.79 Å². The molecule has 0 unspecified atom stereocenters. The average molecular weight is 263 g/mol. The van der Waals surface area contributed by atoms with Crippen LogP contribution in [0.4, 0.5) is 5.82 Å². The van der Waals surface area contributed by atoms with Crippen LogP contribution in [0.5, 0.6) is 0 Å². The summed E-state index contributed by atoms with van der Waals surface area (Å²) in [6.07, 6.45) is 2.65. The summed E-state index contributed by atoms with van der Waals surface area (Å²) in [5.74, 6) is 0.707. The molecule has 4 heteroatoms. The maximum atomic E-state index is 12.3. The van der Waals surface area contributed by atoms with E-state index >= 15 is 0 Å². The number of nitrogens with one attached hydrogen (secondary N) is 2. The van der Waals surface area contributed by atoms with Gasteiger partial charge in [0.15, 0.2) is 0 Å². The van der Waals surface area contributed by atoms with Gasteiger partial charge >= 0.3 is 0 Å². The summed E-state index contributed by atoms with van der Waals surface area (Å²) in [6.45, 7) is 8.29. The fourth-order valence-electron chi connectivity index (χ4n) is 1.80. The van der Waals surface area contributed by atoms with E-state index in [0.29, 0.717) is 5.56 Å². The normalized spacial score (nSPS) is 11.2. The molecule has 0 aliphatic carbocycles. The molecule has 0 aromatic carbocycles. The van der Waals surface area contributed by atoms with E-state index < -0.39 is 0 Å². The van der Waals surface area contributed by atoms with E-state index in [4.69, 9.17) is 0 Å². The van der Waals surface area contributed by atoms with Crippen molar-refractivity contribution in [2.75, 3.05) is 12.4 Å². The topological polar surface area (TPSA) is 54.0 Å². The lowest BCUT2D eigenvalue weighted by Gasteiger charge is -2.28. The number of aromatic nitrogens is 1. The van der Waals surface area contributed by atoms with Crippen molar-refractivity contribution in [2.24, 2.45) is 0 Å². The van der Waals surface area contributed by atoms with Gasteiger partial charge in [-0.05, 0) is 38.3 Å². The Kier molecular flexibility index (Phi) is 5.33. The molecule has 0 spiro atoms. The fraction of sp³-hybridized carbons (Fsp3) is 0.600. The lowest BCUT2D eigenvalue weighted by Crippen LogP contribution is -2.45. The molecular weight excluding hydrogens is 238 g/mol. The average Bonchev–Trinajstić information content (AvgIpc) is 2.46. The standard InChI is InChI=1S/C15H25N3O/c1-6-12-9-11(10-13(16-5)17-12)14(19)18-15(4,7-2)8-3/h9-10H,6-8H2,1-5H3,(H,16,17)(H,18,19). The van der Waals surface area contributed by atoms with Crippen molar-refractivity contribution in [3.63, 3.8) is 0 Å². The van der Waals surface area contributed by atoms with Gasteiger partial charge in [0.05, 0.1) is 0 Å². The smallest absolute Gasteiger partial charge is 0.251 e. The molecule has 4 nitrogen and oxygen atoms in total. The maximum Gasteiger partial charge on any atom is 0.251 e. The second-order valence-corrected chi connectivity index (χ2v) is 5.06. The number of anilines is 1. The van der Waals surface area contributed by atoms with Gasteiger partial charge in [-0.25, -0.2) is 4.98 Å². The van der Waals surface area contributed by atoms with Crippen molar-refractivity contribution in [1.29, 1.82) is 0 Å². The van der Waals surface area contributed by atoms with Crippen molar-refractivity contribution in [3.05, 3.63) is 23.4 Å². The molecule has 0 saturated heterocycles. The molecule has 19 heavy (non-hydrogen) atoms. The van der Waals surface area contributed by atoms with Crippen LogP contribution in [-0.2, 0) is 6.42 Å². The third-order valence-electron chi connectivity index (χ3n) is 3.73. The Hall–Kier alpha value is -1.58. The summed E-state index contributed by atoms with van der Waals surface area (Å²) >= 11 is 0. The highest BCUT2D eigenvalue weighted by atomic mass is 16.1. The van der Waals surface area contributed by atoms with Gasteiger partial charge < -0.3 is 10.6 Å². The number of amides is 1. The van der Waals surface area contributed by atoms with Gasteiger partial charge in [-0.3, -0.25) is 4.79 Å². The van der Waals surface area contributed by atoms with E-state index in [0.717, 1.165) is 30.8 Å². The molecule has 0 bridgehead atoms. The largest absolute Gasteiger partial charge is 0.373 e. The molecular formula is C15H25N3O. The zero-order valence-corrected chi connectivity index (χ0v) is 12.6. The Bertz CT molecular complexity index is 417. The summed E-state index contributed by atoms with van der Waals surface area (Å²) in [5, 5.41) is 6.11. The zero-order valence-electron chi connectivity index (χ0n) is 12.6. The van der Waals surface area contributed by atoms with Crippen LogP contribution in [-0.4, -0.2) is 23.5 Å². The first-order chi connectivity index (χ1) is 8.97. The predicted octanol–water partition coefficient (Wildman–Crippen LogP) is 2.99. The summed E-state index contributed by atoms with van der Waals surface area (Å²) in [5.41, 5.74) is 1.45. The van der Waals surface area contributed by atoms with Crippen LogP contribution < -0.4 is 10.6 Å². The predicted molar refractivity (Wildman–Crippen MR) is 79.6 cm³/mol. The van der Waals surface area contributed by atoms with Crippen molar-refractivity contribution >= 4 is 11.7 Å². The molecule has 0 saturated carbocycles. The van der Waals surface area contributed by atoms with Crippen molar-refractivity contribution in [1.82, 2.24) is 10.3 Å². The number of carbonyl (C=O) groups excluding carboxylic acids is 1. The van der Waals surface area contributed by atoms with Gasteiger partial charge in [-0.15, -0.1) is 0 Å². The highest BCUT2D eigenvalue weighted by molar-refractivity contribution is 5.95. The number of nitrogens with zero attached hydrogens (tertiary/aromatic N) is 1. The van der Waals surface area contributed by atoms with Crippen LogP contribution >= 0.6 is 0 Å². The van der Waals surface area contributed by atoms with Gasteiger partial charge in [0.25, 0.3) is 5.91 Å². The summed E-state index contributed by atoms with van der Waals surface area (Å²) in [6, 6.07) is 3.65. The molecule has 0 radical (unpaired) electrons. The lowest BCUT2D eigenvalue weighted by molar-refractivity contribution is 0.0901. The monoisotopic (exact) mass is 263 g/mol. The number of hydrogen-bond donors (Lipinski definition) is 2. The van der Waals surface area contributed by atoms with Crippen LogP contribution in [0.1, 0.15) is 56.6 Å². The van der Waals surface area contributed by atoms with E-state index in [-0.39, 0.29) is 11.4 Å². The third kappa shape index (κ3) is 3.94. The Morgan fingerprint density at radius 1 is 1.26 bits per heavy atom. The quantitative estimate of drug-likeness (QED) is 0.829. The highest BCUT2D eigenvalue weighted by Crippen LogP contribution is 2.16. The molecule has 0 aliphatic rings. The first kappa shape index (κ1) is 15.5. The van der Waals surface area contributed by atoms with Gasteiger partial charge in [-0.2, -0.15) is 0 Å². The Labute approximate surface area is 116 Å². The molecule has 1 rings (SSSR count). The number of hydrogen-bond acceptors (Lipinski definition) is 3. The first-order valence-corrected chi connectivity index (χ1v) is 6.99. The number of aryl methyl sites for hydroxylation is 1. The minimum Gasteiger partial charge on any atom is -0.373 e. The molecule has 1 aromatic heterocycles. The zero-order chi connectivity index (χ0) is 14.5. The van der Waals surface area contributed by atoms with E-state index in [1.165, 1.54) is 0 Å². The molecule has 1 aromatic rings. The Morgan fingerprint density at radius 2 is 1.89 bits per heavy atom. The Balaban J connectivity index is 2.99. The third-order valence-corrected chi connectivity index (χ3v) is 3.73. The fourth-order valence-corrected chi connectivity index (χ4v) is 1.80. The van der Waals surface area contributed by atoms with Crippen molar-refractivity contribution in [2.45, 2.75) is 52.5 Å². The maximum absolute atomic E-state index is 12.3. The van der Waals surface area contributed by atoms with Crippen LogP contribution in [0.2, 0.25) is 0 Å². The second-order valence-electron chi connectivity index (χ2n) is 5.06. The SMILES string of the molecule is CCc1cc(C(=O)NC(C)(CC)CC)cc(NC)n1. The van der Waals surface area contributed by atoms with Crippen LogP contribution in [0.15, 0.2) is 12.1 Å². The molecule has 106 valence electrons. The molecule has 1 amide bonds. The minimum atomic E-state index is -0.146. The van der Waals surface area contributed by atoms with Gasteiger partial charge in [0.1, 0.15) is 5.82 Å². The van der Waals surface area contributed by atoms with E-state index in [1.807, 2.05) is 20.0 Å². The van der Waals surface area contributed by atoms with E-state index in [1.54, 1.807) is 6.07 Å². The van der Waals surface area contributed by atoms with E-state index in [2.05, 4.69) is 36.4 Å². The van der Waals surface area contributed by atoms with Crippen LogP contribution in [0, 0.1) is 0 Å². The molecule has 0 aliphatic heterocycles. The van der Waals surface area contributed by atoms with Crippen molar-refractivity contribution in [3.8, 4) is 0 Å². The summed E-state index contributed by atoms with van der Waals surface area (Å²) in [4.78, 5) is 16.7.